The summed E-state index contributed by atoms with van der Waals surface area (Å²) in [5.74, 6) is 6.68. The Morgan fingerprint density at radius 3 is 2.23 bits per heavy atom. The first kappa shape index (κ1) is 27.5. The van der Waals surface area contributed by atoms with Gasteiger partial charge in [-0.2, -0.15) is 0 Å². The molecule has 5 aromatic carbocycles. The van der Waals surface area contributed by atoms with E-state index in [0.29, 0.717) is 28.0 Å². The van der Waals surface area contributed by atoms with Gasteiger partial charge < -0.3 is 9.30 Å². The molecule has 1 aliphatic heterocycles. The van der Waals surface area contributed by atoms with Gasteiger partial charge in [-0.3, -0.25) is 9.59 Å². The third-order valence-corrected chi connectivity index (χ3v) is 8.59. The van der Waals surface area contributed by atoms with Gasteiger partial charge in [0, 0.05) is 56.0 Å². The monoisotopic (exact) mass is 576 g/mol. The predicted octanol–water partition coefficient (Wildman–Crippen LogP) is 8.74. The van der Waals surface area contributed by atoms with Gasteiger partial charge in [-0.05, 0) is 78.5 Å². The largest absolute Gasteiger partial charge is 0.497 e. The summed E-state index contributed by atoms with van der Waals surface area (Å²) in [4.78, 5) is 28.5. The van der Waals surface area contributed by atoms with Gasteiger partial charge in [0.25, 0.3) is 11.8 Å². The van der Waals surface area contributed by atoms with E-state index in [0.717, 1.165) is 29.5 Å². The Balaban J connectivity index is 1.26. The van der Waals surface area contributed by atoms with Crippen LogP contribution in [0.3, 0.4) is 0 Å². The molecule has 2 heterocycles. The number of ether oxygens (including phenoxy) is 1. The number of fused-ring (bicyclic) bond motifs is 3. The van der Waals surface area contributed by atoms with Crippen LogP contribution in [0.25, 0.3) is 32.6 Å². The maximum absolute atomic E-state index is 13.6. The standard InChI is InChI=1S/C39H32N2O3/c1-3-4-5-8-24-40-35-13-7-6-10-31(35)34-25-26(15-23-36(34)40)14-16-27-17-22-33-37-30(27)11-9-12-32(37)38(42)41(39(33)43)28-18-20-29(44-2)21-19-28/h6-7,9-13,15,17-23,25H,3-5,8,24H2,1-2H3. The van der Waals surface area contributed by atoms with Crippen molar-refractivity contribution in [2.45, 2.75) is 39.2 Å². The van der Waals surface area contributed by atoms with E-state index in [4.69, 9.17) is 4.74 Å². The number of imide groups is 1. The number of rotatable bonds is 7. The number of para-hydroxylation sites is 1. The van der Waals surface area contributed by atoms with Crippen molar-refractivity contribution >= 4 is 50.1 Å². The number of anilines is 1. The maximum atomic E-state index is 13.6. The Morgan fingerprint density at radius 2 is 1.43 bits per heavy atom. The molecule has 0 spiro atoms. The van der Waals surface area contributed by atoms with Crippen LogP contribution in [0, 0.1) is 11.8 Å². The lowest BCUT2D eigenvalue weighted by Gasteiger charge is -2.27. The fraction of sp³-hybridized carbons (Fsp3) is 0.179. The van der Waals surface area contributed by atoms with Crippen LogP contribution in [0.15, 0.2) is 97.1 Å². The van der Waals surface area contributed by atoms with Crippen LogP contribution in [0.2, 0.25) is 0 Å². The lowest BCUT2D eigenvalue weighted by molar-refractivity contribution is 0.0893. The smallest absolute Gasteiger partial charge is 0.265 e. The van der Waals surface area contributed by atoms with Crippen LogP contribution in [-0.4, -0.2) is 23.5 Å². The van der Waals surface area contributed by atoms with Crippen molar-refractivity contribution in [3.63, 3.8) is 0 Å². The van der Waals surface area contributed by atoms with Crippen molar-refractivity contribution < 1.29 is 14.3 Å². The highest BCUT2D eigenvalue weighted by atomic mass is 16.5. The van der Waals surface area contributed by atoms with E-state index < -0.39 is 0 Å². The molecule has 0 fully saturated rings. The number of benzene rings is 5. The number of aromatic nitrogens is 1. The second kappa shape index (κ2) is 11.4. The van der Waals surface area contributed by atoms with Crippen molar-refractivity contribution in [2.24, 2.45) is 0 Å². The molecule has 216 valence electrons. The average molecular weight is 577 g/mol. The molecule has 0 saturated heterocycles. The van der Waals surface area contributed by atoms with Crippen LogP contribution in [0.4, 0.5) is 5.69 Å². The highest BCUT2D eigenvalue weighted by molar-refractivity contribution is 6.36. The van der Waals surface area contributed by atoms with E-state index in [1.54, 1.807) is 43.5 Å². The number of nitrogens with zero attached hydrogens (tertiary/aromatic N) is 2. The number of carbonyl (C=O) groups is 2. The molecule has 0 radical (unpaired) electrons. The molecule has 6 aromatic rings. The first-order valence-corrected chi connectivity index (χ1v) is 15.2. The summed E-state index contributed by atoms with van der Waals surface area (Å²) in [6, 6.07) is 31.2. The summed E-state index contributed by atoms with van der Waals surface area (Å²) in [5, 5.41) is 3.89. The number of hydrogen-bond donors (Lipinski definition) is 0. The van der Waals surface area contributed by atoms with Crippen LogP contribution >= 0.6 is 0 Å². The number of carbonyl (C=O) groups excluding carboxylic acids is 2. The molecule has 2 amide bonds. The van der Waals surface area contributed by atoms with Gasteiger partial charge in [-0.1, -0.05) is 68.4 Å². The van der Waals surface area contributed by atoms with Gasteiger partial charge in [-0.15, -0.1) is 0 Å². The zero-order valence-corrected chi connectivity index (χ0v) is 24.9. The summed E-state index contributed by atoms with van der Waals surface area (Å²) in [7, 11) is 1.58. The first-order valence-electron chi connectivity index (χ1n) is 15.2. The Morgan fingerprint density at radius 1 is 0.682 bits per heavy atom. The van der Waals surface area contributed by atoms with Gasteiger partial charge in [0.2, 0.25) is 0 Å². The molecule has 7 rings (SSSR count). The third kappa shape index (κ3) is 4.60. The molecular weight excluding hydrogens is 544 g/mol. The molecule has 0 saturated carbocycles. The lowest BCUT2D eigenvalue weighted by Crippen LogP contribution is -2.40. The molecule has 0 bridgehead atoms. The number of aryl methyl sites for hydroxylation is 1. The van der Waals surface area contributed by atoms with Gasteiger partial charge in [0.15, 0.2) is 0 Å². The van der Waals surface area contributed by atoms with Crippen molar-refractivity contribution in [3.8, 4) is 17.6 Å². The molecule has 1 aliphatic rings. The van der Waals surface area contributed by atoms with Crippen LogP contribution in [0.1, 0.15) is 64.4 Å². The molecule has 1 aromatic heterocycles. The summed E-state index contributed by atoms with van der Waals surface area (Å²) >= 11 is 0. The minimum Gasteiger partial charge on any atom is -0.497 e. The Labute approximate surface area is 256 Å². The summed E-state index contributed by atoms with van der Waals surface area (Å²) in [6.45, 7) is 3.24. The van der Waals surface area contributed by atoms with E-state index in [2.05, 4.69) is 65.8 Å². The molecule has 0 N–H and O–H groups in total. The molecule has 5 heteroatoms. The third-order valence-electron chi connectivity index (χ3n) is 8.59. The minimum atomic E-state index is -0.347. The normalized spacial score (nSPS) is 12.6. The van der Waals surface area contributed by atoms with E-state index in [1.807, 2.05) is 18.2 Å². The van der Waals surface area contributed by atoms with Crippen molar-refractivity contribution in [3.05, 3.63) is 119 Å². The summed E-state index contributed by atoms with van der Waals surface area (Å²) in [6.07, 6.45) is 4.89. The Hall–Kier alpha value is -5.34. The molecule has 0 aliphatic carbocycles. The van der Waals surface area contributed by atoms with E-state index in [9.17, 15) is 9.59 Å². The Kier molecular flexibility index (Phi) is 7.12. The highest BCUT2D eigenvalue weighted by Gasteiger charge is 2.34. The molecule has 44 heavy (non-hydrogen) atoms. The van der Waals surface area contributed by atoms with Gasteiger partial charge in [0.1, 0.15) is 5.75 Å². The molecule has 0 unspecified atom stereocenters. The SMILES string of the molecule is CCCCCCn1c2ccccc2c2cc(C#Cc3ccc4c5c(cccc35)C(=O)N(c3ccc(OC)cc3)C4=O)ccc21. The highest BCUT2D eigenvalue weighted by Crippen LogP contribution is 2.35. The fourth-order valence-corrected chi connectivity index (χ4v) is 6.38. The van der Waals surface area contributed by atoms with E-state index >= 15 is 0 Å². The van der Waals surface area contributed by atoms with Crippen molar-refractivity contribution in [2.75, 3.05) is 12.0 Å². The van der Waals surface area contributed by atoms with Gasteiger partial charge in [-0.25, -0.2) is 4.90 Å². The second-order valence-corrected chi connectivity index (χ2v) is 11.2. The first-order chi connectivity index (χ1) is 21.6. The fourth-order valence-electron chi connectivity index (χ4n) is 6.38. The molecule has 5 nitrogen and oxygen atoms in total. The molecule has 0 atom stereocenters. The predicted molar refractivity (Wildman–Crippen MR) is 178 cm³/mol. The second-order valence-electron chi connectivity index (χ2n) is 11.2. The number of unbranched alkanes of at least 4 members (excludes halogenated alkanes) is 3. The van der Waals surface area contributed by atoms with Gasteiger partial charge in [0.05, 0.1) is 12.8 Å². The molecular formula is C39H32N2O3. The van der Waals surface area contributed by atoms with Crippen LogP contribution in [-0.2, 0) is 6.54 Å². The number of methoxy groups -OCH3 is 1. The lowest BCUT2D eigenvalue weighted by atomic mass is 9.91. The van der Waals surface area contributed by atoms with E-state index in [-0.39, 0.29) is 11.8 Å². The maximum Gasteiger partial charge on any atom is 0.265 e. The van der Waals surface area contributed by atoms with Crippen LogP contribution < -0.4 is 9.64 Å². The van der Waals surface area contributed by atoms with Gasteiger partial charge >= 0.3 is 0 Å². The Bertz CT molecular complexity index is 2120. The number of hydrogen-bond acceptors (Lipinski definition) is 3. The number of amides is 2. The zero-order chi connectivity index (χ0) is 30.2. The summed E-state index contributed by atoms with van der Waals surface area (Å²) in [5.41, 5.74) is 5.67. The van der Waals surface area contributed by atoms with Crippen LogP contribution in [0.5, 0.6) is 5.75 Å². The van der Waals surface area contributed by atoms with Crippen molar-refractivity contribution in [1.82, 2.24) is 4.57 Å². The zero-order valence-electron chi connectivity index (χ0n) is 24.9. The quantitative estimate of drug-likeness (QED) is 0.108. The minimum absolute atomic E-state index is 0.347. The average Bonchev–Trinajstić information content (AvgIpc) is 3.37. The van der Waals surface area contributed by atoms with E-state index in [1.165, 1.54) is 46.0 Å². The topological polar surface area (TPSA) is 51.5 Å². The summed E-state index contributed by atoms with van der Waals surface area (Å²) < 4.78 is 7.68. The van der Waals surface area contributed by atoms with Crippen molar-refractivity contribution in [1.29, 1.82) is 0 Å².